The van der Waals surface area contributed by atoms with Crippen LogP contribution in [0.4, 0.5) is 0 Å². The fraction of sp³-hybridized carbons (Fsp3) is 0.296. The second-order valence-electron chi connectivity index (χ2n) is 8.17. The molecule has 1 N–H and O–H groups in total. The van der Waals surface area contributed by atoms with Crippen LogP contribution >= 0.6 is 0 Å². The number of ether oxygens (including phenoxy) is 3. The fourth-order valence-electron chi connectivity index (χ4n) is 3.79. The third kappa shape index (κ3) is 5.54. The van der Waals surface area contributed by atoms with Crippen LogP contribution < -0.4 is 14.2 Å². The summed E-state index contributed by atoms with van der Waals surface area (Å²) in [5.41, 5.74) is 3.21. The molecule has 2 aliphatic rings. The topological polar surface area (TPSA) is 93.4 Å². The number of amides is 1. The van der Waals surface area contributed by atoms with Crippen LogP contribution in [0.15, 0.2) is 58.8 Å². The number of hydroxylamine groups is 2. The molecule has 0 saturated heterocycles. The van der Waals surface area contributed by atoms with Crippen molar-refractivity contribution in [3.63, 3.8) is 0 Å². The number of fused-ring (bicyclic) bond motifs is 1. The maximum Gasteiger partial charge on any atom is 0.282 e. The molecule has 0 atom stereocenters. The van der Waals surface area contributed by atoms with E-state index in [-0.39, 0.29) is 11.4 Å². The van der Waals surface area contributed by atoms with Gasteiger partial charge in [-0.2, -0.15) is 4.99 Å². The van der Waals surface area contributed by atoms with Gasteiger partial charge in [0.1, 0.15) is 24.7 Å². The Kier molecular flexibility index (Phi) is 7.19. The SMILES string of the molecule is CCOc1cc(/C=C2/C(=N)N3OC(C)=CC3=NC2=O)ccc1OCCOc1cc(C)cc(CC)c1. The largest absolute Gasteiger partial charge is 0.490 e. The normalized spacial score (nSPS) is 16.0. The fourth-order valence-corrected chi connectivity index (χ4v) is 3.79. The predicted molar refractivity (Wildman–Crippen MR) is 134 cm³/mol. The van der Waals surface area contributed by atoms with Gasteiger partial charge in [0.15, 0.2) is 23.2 Å². The molecule has 2 aliphatic heterocycles. The maximum absolute atomic E-state index is 12.5. The summed E-state index contributed by atoms with van der Waals surface area (Å²) in [5, 5.41) is 9.61. The lowest BCUT2D eigenvalue weighted by molar-refractivity contribution is -0.114. The van der Waals surface area contributed by atoms with Gasteiger partial charge in [-0.1, -0.05) is 19.1 Å². The Morgan fingerprint density at radius 3 is 2.60 bits per heavy atom. The summed E-state index contributed by atoms with van der Waals surface area (Å²) in [5.74, 6) is 2.27. The van der Waals surface area contributed by atoms with Gasteiger partial charge in [-0.25, -0.2) is 0 Å². The van der Waals surface area contributed by atoms with Crippen LogP contribution in [-0.4, -0.2) is 42.5 Å². The van der Waals surface area contributed by atoms with Crippen LogP contribution in [0.25, 0.3) is 6.08 Å². The van der Waals surface area contributed by atoms with Crippen LogP contribution in [0.2, 0.25) is 0 Å². The highest BCUT2D eigenvalue weighted by Crippen LogP contribution is 2.31. The van der Waals surface area contributed by atoms with Crippen molar-refractivity contribution < 1.29 is 23.8 Å². The Hall–Kier alpha value is -4.07. The molecular formula is C27H29N3O5. The molecular weight excluding hydrogens is 446 g/mol. The number of carbonyl (C=O) groups excluding carboxylic acids is 1. The number of nitrogens with zero attached hydrogens (tertiary/aromatic N) is 2. The van der Waals surface area contributed by atoms with Crippen molar-refractivity contribution in [1.29, 1.82) is 5.41 Å². The molecule has 0 saturated carbocycles. The van der Waals surface area contributed by atoms with Crippen molar-refractivity contribution in [2.75, 3.05) is 19.8 Å². The van der Waals surface area contributed by atoms with E-state index in [4.69, 9.17) is 24.5 Å². The van der Waals surface area contributed by atoms with Crippen LogP contribution in [0.1, 0.15) is 37.5 Å². The number of carbonyl (C=O) groups is 1. The molecule has 0 aromatic heterocycles. The van der Waals surface area contributed by atoms with E-state index in [2.05, 4.69) is 24.9 Å². The third-order valence-corrected chi connectivity index (χ3v) is 5.39. The second-order valence-corrected chi connectivity index (χ2v) is 8.17. The Morgan fingerprint density at radius 1 is 1.03 bits per heavy atom. The average molecular weight is 476 g/mol. The average Bonchev–Trinajstić information content (AvgIpc) is 3.20. The first kappa shape index (κ1) is 24.1. The summed E-state index contributed by atoms with van der Waals surface area (Å²) in [6.07, 6.45) is 4.17. The number of aryl methyl sites for hydroxylation is 2. The first-order valence-electron chi connectivity index (χ1n) is 11.6. The molecule has 8 nitrogen and oxygen atoms in total. The number of hydrogen-bond acceptors (Lipinski definition) is 6. The summed E-state index contributed by atoms with van der Waals surface area (Å²) in [7, 11) is 0. The Labute approximate surface area is 204 Å². The van der Waals surface area contributed by atoms with E-state index in [1.165, 1.54) is 10.6 Å². The number of allylic oxidation sites excluding steroid dienone is 1. The van der Waals surface area contributed by atoms with Crippen molar-refractivity contribution >= 4 is 23.7 Å². The highest BCUT2D eigenvalue weighted by atomic mass is 16.7. The van der Waals surface area contributed by atoms with Crippen LogP contribution in [0, 0.1) is 12.3 Å². The van der Waals surface area contributed by atoms with E-state index < -0.39 is 5.91 Å². The highest BCUT2D eigenvalue weighted by molar-refractivity contribution is 6.32. The molecule has 35 heavy (non-hydrogen) atoms. The molecule has 182 valence electrons. The third-order valence-electron chi connectivity index (χ3n) is 5.39. The monoisotopic (exact) mass is 475 g/mol. The van der Waals surface area contributed by atoms with Gasteiger partial charge >= 0.3 is 0 Å². The van der Waals surface area contributed by atoms with E-state index in [0.717, 1.165) is 17.7 Å². The number of benzene rings is 2. The van der Waals surface area contributed by atoms with E-state index >= 15 is 0 Å². The van der Waals surface area contributed by atoms with Crippen molar-refractivity contribution in [1.82, 2.24) is 5.06 Å². The molecule has 4 rings (SSSR count). The van der Waals surface area contributed by atoms with Crippen LogP contribution in [0.5, 0.6) is 17.2 Å². The van der Waals surface area contributed by atoms with Crippen molar-refractivity contribution in [3.8, 4) is 17.2 Å². The molecule has 0 radical (unpaired) electrons. The van der Waals surface area contributed by atoms with Gasteiger partial charge in [-0.05, 0) is 74.2 Å². The molecule has 2 aromatic carbocycles. The maximum atomic E-state index is 12.5. The molecule has 1 amide bonds. The lowest BCUT2D eigenvalue weighted by atomic mass is 10.1. The summed E-state index contributed by atoms with van der Waals surface area (Å²) in [4.78, 5) is 22.0. The molecule has 0 fully saturated rings. The molecule has 0 bridgehead atoms. The summed E-state index contributed by atoms with van der Waals surface area (Å²) >= 11 is 0. The van der Waals surface area contributed by atoms with Gasteiger partial charge in [0.25, 0.3) is 5.91 Å². The number of rotatable bonds is 9. The van der Waals surface area contributed by atoms with Crippen molar-refractivity contribution in [3.05, 3.63) is 70.5 Å². The van der Waals surface area contributed by atoms with E-state index in [9.17, 15) is 4.79 Å². The minimum absolute atomic E-state index is 0.0640. The molecule has 2 aromatic rings. The summed E-state index contributed by atoms with van der Waals surface area (Å²) < 4.78 is 17.5. The number of aliphatic imine (C=N–C) groups is 1. The van der Waals surface area contributed by atoms with E-state index in [1.54, 1.807) is 37.3 Å². The zero-order valence-corrected chi connectivity index (χ0v) is 20.4. The van der Waals surface area contributed by atoms with Gasteiger partial charge in [0.05, 0.1) is 12.2 Å². The van der Waals surface area contributed by atoms with Crippen molar-refractivity contribution in [2.45, 2.75) is 34.1 Å². The van der Waals surface area contributed by atoms with Crippen LogP contribution in [0.3, 0.4) is 0 Å². The highest BCUT2D eigenvalue weighted by Gasteiger charge is 2.34. The minimum atomic E-state index is -0.492. The molecule has 2 heterocycles. The Balaban J connectivity index is 1.44. The number of amidine groups is 2. The van der Waals surface area contributed by atoms with Crippen molar-refractivity contribution in [2.24, 2.45) is 4.99 Å². The predicted octanol–water partition coefficient (Wildman–Crippen LogP) is 4.86. The Bertz CT molecular complexity index is 1250. The number of hydrogen-bond donors (Lipinski definition) is 1. The first-order valence-corrected chi connectivity index (χ1v) is 11.6. The summed E-state index contributed by atoms with van der Waals surface area (Å²) in [6, 6.07) is 11.6. The van der Waals surface area contributed by atoms with E-state index in [1.807, 2.05) is 19.1 Å². The summed E-state index contributed by atoms with van der Waals surface area (Å²) in [6.45, 7) is 8.98. The first-order chi connectivity index (χ1) is 16.9. The lowest BCUT2D eigenvalue weighted by Gasteiger charge is -2.23. The quantitative estimate of drug-likeness (QED) is 0.411. The standard InChI is InChI=1S/C27H29N3O5/c1-5-19-11-17(3)12-21(14-19)33-9-10-34-23-8-7-20(16-24(23)32-6-2)15-22-26(28)30-25(29-27(22)31)13-18(4)35-30/h7-8,11-16,28H,5-6,9-10H2,1-4H3/b22-15-,28-26?. The van der Waals surface area contributed by atoms with Gasteiger partial charge in [0, 0.05) is 6.08 Å². The van der Waals surface area contributed by atoms with Crippen LogP contribution in [-0.2, 0) is 16.1 Å². The smallest absolute Gasteiger partial charge is 0.282 e. The van der Waals surface area contributed by atoms with Gasteiger partial charge < -0.3 is 19.0 Å². The lowest BCUT2D eigenvalue weighted by Crippen LogP contribution is -2.38. The zero-order chi connectivity index (χ0) is 24.9. The van der Waals surface area contributed by atoms with E-state index in [0.29, 0.717) is 48.5 Å². The zero-order valence-electron chi connectivity index (χ0n) is 20.4. The second kappa shape index (κ2) is 10.5. The number of nitrogens with one attached hydrogen (secondary N) is 1. The minimum Gasteiger partial charge on any atom is -0.490 e. The van der Waals surface area contributed by atoms with Gasteiger partial charge in [-0.15, -0.1) is 5.06 Å². The molecule has 0 aliphatic carbocycles. The van der Waals surface area contributed by atoms with Gasteiger partial charge in [-0.3, -0.25) is 10.2 Å². The van der Waals surface area contributed by atoms with Gasteiger partial charge in [0.2, 0.25) is 0 Å². The Morgan fingerprint density at radius 2 is 1.83 bits per heavy atom. The molecule has 0 spiro atoms. The molecule has 0 unspecified atom stereocenters. The molecule has 8 heteroatoms.